The van der Waals surface area contributed by atoms with E-state index in [1.54, 1.807) is 109 Å². The average Bonchev–Trinajstić information content (AvgIpc) is 3.94. The first-order valence-electron chi connectivity index (χ1n) is 28.4. The summed E-state index contributed by atoms with van der Waals surface area (Å²) in [6.07, 6.45) is -1.51. The predicted molar refractivity (Wildman–Crippen MR) is 301 cm³/mol. The number of amides is 8. The number of aliphatic hydroxyl groups excluding tert-OH is 1. The van der Waals surface area contributed by atoms with Crippen molar-refractivity contribution in [3.05, 3.63) is 71.8 Å². The Labute approximate surface area is 469 Å². The zero-order valence-corrected chi connectivity index (χ0v) is 49.7. The van der Waals surface area contributed by atoms with Gasteiger partial charge in [-0.3, -0.25) is 38.4 Å². The first kappa shape index (κ1) is 65.2. The molecule has 2 saturated heterocycles. The Morgan fingerprint density at radius 1 is 0.544 bits per heavy atom. The van der Waals surface area contributed by atoms with E-state index in [1.165, 1.54) is 47.8 Å². The number of hydrogen-bond donors (Lipinski definition) is 4. The van der Waals surface area contributed by atoms with E-state index in [1.807, 2.05) is 34.6 Å². The number of carbonyl (C=O) groups excluding carboxylic acids is 9. The van der Waals surface area contributed by atoms with Crippen molar-refractivity contribution in [3.8, 4) is 0 Å². The Balaban J connectivity index is 1.98. The normalized spacial score (nSPS) is 26.8. The summed E-state index contributed by atoms with van der Waals surface area (Å²) in [5.41, 5.74) is 0.951. The number of esters is 1. The molecule has 0 aliphatic carbocycles. The molecule has 4 rings (SSSR count). The van der Waals surface area contributed by atoms with Gasteiger partial charge in [-0.05, 0) is 65.9 Å². The van der Waals surface area contributed by atoms with Crippen molar-refractivity contribution in [2.24, 2.45) is 35.5 Å². The highest BCUT2D eigenvalue weighted by Crippen LogP contribution is 2.29. The topological polar surface area (TPSA) is 235 Å². The summed E-state index contributed by atoms with van der Waals surface area (Å²) in [5, 5.41) is 21.1. The molecule has 0 aromatic heterocycles. The van der Waals surface area contributed by atoms with Crippen LogP contribution >= 0.6 is 0 Å². The van der Waals surface area contributed by atoms with Gasteiger partial charge in [0, 0.05) is 41.2 Å². The van der Waals surface area contributed by atoms with Crippen LogP contribution in [-0.4, -0.2) is 172 Å². The summed E-state index contributed by atoms with van der Waals surface area (Å²) in [4.78, 5) is 140. The van der Waals surface area contributed by atoms with Crippen molar-refractivity contribution >= 4 is 53.2 Å². The van der Waals surface area contributed by atoms with Crippen LogP contribution in [0.5, 0.6) is 0 Å². The third-order valence-corrected chi connectivity index (χ3v) is 15.9. The quantitative estimate of drug-likeness (QED) is 0.200. The molecule has 19 heteroatoms. The number of ether oxygens (including phenoxy) is 1. The van der Waals surface area contributed by atoms with Gasteiger partial charge in [-0.1, -0.05) is 157 Å². The molecule has 2 fully saturated rings. The second-order valence-electron chi connectivity index (χ2n) is 23.4. The molecule has 2 aliphatic rings. The second-order valence-corrected chi connectivity index (χ2v) is 23.4. The lowest BCUT2D eigenvalue weighted by Crippen LogP contribution is -2.62. The molecule has 12 atom stereocenters. The molecule has 8 amide bonds. The van der Waals surface area contributed by atoms with Crippen LogP contribution in [0.1, 0.15) is 132 Å². The standard InChI is InChI=1S/C60H92N8O11/c1-17-38(11)45-57(75)66(15)48(39(12)18-2)54(72)61-42(32-34(3)4)55(73)65(14)47(36(7)8)60(78)79-51(37(9)10)59(77)64(13)46(35(5)6)53(71)62-43(33-40-26-21-19-22-27-40)56(74)67(16)49(50(69)41-28-23-20-24-29-41)58(76)68-31-25-30-44(68)52(70)63-45/h19-24,26-29,34-39,42-51,69H,17-18,25,30-33H2,1-16H3,(H,61,72)(H,62,71)(H,63,70). The highest BCUT2D eigenvalue weighted by molar-refractivity contribution is 5.99. The first-order chi connectivity index (χ1) is 37.1. The van der Waals surface area contributed by atoms with Gasteiger partial charge in [0.05, 0.1) is 0 Å². The van der Waals surface area contributed by atoms with Gasteiger partial charge in [0.15, 0.2) is 6.10 Å². The molecule has 0 bridgehead atoms. The molecule has 2 aromatic carbocycles. The Hall–Kier alpha value is -6.37. The van der Waals surface area contributed by atoms with Crippen molar-refractivity contribution in [3.63, 3.8) is 0 Å². The number of nitrogens with one attached hydrogen (secondary N) is 3. The Morgan fingerprint density at radius 3 is 1.57 bits per heavy atom. The molecule has 4 N–H and O–H groups in total. The van der Waals surface area contributed by atoms with Crippen molar-refractivity contribution in [2.75, 3.05) is 34.7 Å². The zero-order chi connectivity index (χ0) is 59.3. The minimum Gasteiger partial charge on any atom is -0.450 e. The number of benzene rings is 2. The number of rotatable bonds is 13. The van der Waals surface area contributed by atoms with E-state index >= 15 is 9.59 Å². The van der Waals surface area contributed by atoms with Gasteiger partial charge in [-0.15, -0.1) is 0 Å². The largest absolute Gasteiger partial charge is 0.450 e. The summed E-state index contributed by atoms with van der Waals surface area (Å²) in [6, 6.07) is 7.12. The van der Waals surface area contributed by atoms with Gasteiger partial charge < -0.3 is 50.3 Å². The fraction of sp³-hybridized carbons (Fsp3) is 0.650. The molecule has 2 heterocycles. The number of nitrogens with zero attached hydrogens (tertiary/aromatic N) is 5. The van der Waals surface area contributed by atoms with Gasteiger partial charge in [-0.25, -0.2) is 4.79 Å². The Bertz CT molecular complexity index is 2420. The average molecular weight is 1100 g/mol. The number of likely N-dealkylation sites (N-methyl/N-ethyl adjacent to an activating group) is 4. The number of carbonyl (C=O) groups is 9. The maximum atomic E-state index is 15.3. The molecule has 2 aromatic rings. The van der Waals surface area contributed by atoms with Gasteiger partial charge in [0.25, 0.3) is 5.91 Å². The lowest BCUT2D eigenvalue weighted by atomic mass is 9.92. The van der Waals surface area contributed by atoms with E-state index in [4.69, 9.17) is 4.74 Å². The fourth-order valence-corrected chi connectivity index (χ4v) is 11.0. The van der Waals surface area contributed by atoms with Gasteiger partial charge >= 0.3 is 5.97 Å². The monoisotopic (exact) mass is 1100 g/mol. The number of cyclic esters (lactones) is 1. The maximum Gasteiger partial charge on any atom is 0.329 e. The van der Waals surface area contributed by atoms with Gasteiger partial charge in [0.2, 0.25) is 41.4 Å². The van der Waals surface area contributed by atoms with Crippen LogP contribution in [0.4, 0.5) is 0 Å². The van der Waals surface area contributed by atoms with Gasteiger partial charge in [0.1, 0.15) is 54.4 Å². The van der Waals surface area contributed by atoms with Crippen molar-refractivity contribution in [1.82, 2.24) is 40.4 Å². The molecule has 0 saturated carbocycles. The summed E-state index contributed by atoms with van der Waals surface area (Å²) >= 11 is 0. The molecule has 0 spiro atoms. The predicted octanol–water partition coefficient (Wildman–Crippen LogP) is 4.75. The first-order valence-corrected chi connectivity index (χ1v) is 28.4. The summed E-state index contributed by atoms with van der Waals surface area (Å²) in [5.74, 6) is -9.05. The molecule has 12 unspecified atom stereocenters. The molecule has 79 heavy (non-hydrogen) atoms. The minimum atomic E-state index is -1.64. The van der Waals surface area contributed by atoms with Crippen molar-refractivity contribution in [2.45, 2.75) is 182 Å². The number of aliphatic hydroxyl groups is 1. The van der Waals surface area contributed by atoms with Crippen LogP contribution in [0.25, 0.3) is 0 Å². The van der Waals surface area contributed by atoms with Crippen LogP contribution in [0, 0.1) is 35.5 Å². The lowest BCUT2D eigenvalue weighted by molar-refractivity contribution is -0.171. The summed E-state index contributed by atoms with van der Waals surface area (Å²) in [7, 11) is 5.70. The van der Waals surface area contributed by atoms with Gasteiger partial charge in [-0.2, -0.15) is 0 Å². The zero-order valence-electron chi connectivity index (χ0n) is 49.7. The Morgan fingerprint density at radius 2 is 1.04 bits per heavy atom. The van der Waals surface area contributed by atoms with E-state index in [0.717, 1.165) is 4.90 Å². The smallest absolute Gasteiger partial charge is 0.329 e. The van der Waals surface area contributed by atoms with E-state index < -0.39 is 143 Å². The van der Waals surface area contributed by atoms with Crippen molar-refractivity contribution in [1.29, 1.82) is 0 Å². The molecule has 19 nitrogen and oxygen atoms in total. The van der Waals surface area contributed by atoms with Crippen LogP contribution in [-0.2, 0) is 54.3 Å². The SMILES string of the molecule is CCC(C)C1NC(=O)C2CCCN2C(=O)C(C(O)c2ccccc2)N(C)C(=O)C(Cc2ccccc2)NC(=O)C(C(C)C)N(C)C(=O)C(C(C)C)OC(=O)C(C(C)C)N(C)C(=O)C(CC(C)C)NC(=O)C(C(C)CC)N(C)C1=O. The van der Waals surface area contributed by atoms with E-state index in [-0.39, 0.29) is 31.7 Å². The highest BCUT2D eigenvalue weighted by Gasteiger charge is 2.47. The van der Waals surface area contributed by atoms with Crippen LogP contribution < -0.4 is 16.0 Å². The second kappa shape index (κ2) is 29.2. The van der Waals surface area contributed by atoms with Crippen LogP contribution in [0.15, 0.2) is 60.7 Å². The van der Waals surface area contributed by atoms with Crippen LogP contribution in [0.2, 0.25) is 0 Å². The summed E-state index contributed by atoms with van der Waals surface area (Å²) in [6.45, 7) is 21.5. The highest BCUT2D eigenvalue weighted by atomic mass is 16.6. The van der Waals surface area contributed by atoms with E-state index in [2.05, 4.69) is 16.0 Å². The van der Waals surface area contributed by atoms with Crippen LogP contribution in [0.3, 0.4) is 0 Å². The number of fused-ring (bicyclic) bond motifs is 1. The maximum absolute atomic E-state index is 15.3. The van der Waals surface area contributed by atoms with E-state index in [0.29, 0.717) is 30.4 Å². The molecule has 438 valence electrons. The molecule has 0 radical (unpaired) electrons. The minimum absolute atomic E-state index is 0.0686. The van der Waals surface area contributed by atoms with E-state index in [9.17, 15) is 38.7 Å². The molecular formula is C60H92N8O11. The Kier molecular flexibility index (Phi) is 24.1. The van der Waals surface area contributed by atoms with Crippen molar-refractivity contribution < 1.29 is 53.0 Å². The molecular weight excluding hydrogens is 1010 g/mol. The third-order valence-electron chi connectivity index (χ3n) is 15.9. The lowest BCUT2D eigenvalue weighted by Gasteiger charge is -2.39. The number of hydrogen-bond acceptors (Lipinski definition) is 11. The third kappa shape index (κ3) is 15.9. The molecule has 2 aliphatic heterocycles. The fourth-order valence-electron chi connectivity index (χ4n) is 11.0. The summed E-state index contributed by atoms with van der Waals surface area (Å²) < 4.78 is 6.10.